The predicted molar refractivity (Wildman–Crippen MR) is 78.0 cm³/mol. The molecule has 0 spiro atoms. The van der Waals surface area contributed by atoms with E-state index in [0.29, 0.717) is 10.9 Å². The first-order chi connectivity index (χ1) is 8.66. The molecule has 1 aromatic carbocycles. The molecule has 1 aromatic rings. The average Bonchev–Trinajstić information content (AvgIpc) is 2.37. The lowest BCUT2D eigenvalue weighted by Gasteiger charge is -2.21. The molecule has 2 rings (SSSR count). The molecule has 18 heavy (non-hydrogen) atoms. The van der Waals surface area contributed by atoms with E-state index in [1.807, 2.05) is 24.8 Å². The van der Waals surface area contributed by atoms with E-state index < -0.39 is 0 Å². The van der Waals surface area contributed by atoms with E-state index in [2.05, 4.69) is 5.32 Å². The number of rotatable bonds is 3. The van der Waals surface area contributed by atoms with Crippen molar-refractivity contribution in [1.29, 1.82) is 0 Å². The number of amides is 1. The van der Waals surface area contributed by atoms with Gasteiger partial charge in [-0.2, -0.15) is 11.8 Å². The minimum atomic E-state index is 0.0127. The maximum atomic E-state index is 12.1. The molecular formula is C14H20N2OS. The van der Waals surface area contributed by atoms with Gasteiger partial charge < -0.3 is 11.1 Å². The van der Waals surface area contributed by atoms with Gasteiger partial charge in [0.15, 0.2) is 0 Å². The molecule has 0 aromatic heterocycles. The Labute approximate surface area is 113 Å². The van der Waals surface area contributed by atoms with E-state index in [9.17, 15) is 4.79 Å². The van der Waals surface area contributed by atoms with Gasteiger partial charge in [0, 0.05) is 23.0 Å². The van der Waals surface area contributed by atoms with E-state index in [1.165, 1.54) is 25.0 Å². The van der Waals surface area contributed by atoms with Crippen molar-refractivity contribution in [1.82, 2.24) is 5.32 Å². The van der Waals surface area contributed by atoms with Crippen molar-refractivity contribution < 1.29 is 4.79 Å². The van der Waals surface area contributed by atoms with Gasteiger partial charge in [0.1, 0.15) is 0 Å². The standard InChI is InChI=1S/C14H20N2OS/c1-10-8-11(15)5-6-13(10)14(17)16-9-12-4-2-3-7-18-12/h5-6,8,12H,2-4,7,9,15H2,1H3,(H,16,17). The predicted octanol–water partition coefficient (Wildman–Crippen LogP) is 2.59. The summed E-state index contributed by atoms with van der Waals surface area (Å²) < 4.78 is 0. The van der Waals surface area contributed by atoms with E-state index in [1.54, 1.807) is 12.1 Å². The van der Waals surface area contributed by atoms with Gasteiger partial charge in [0.25, 0.3) is 5.91 Å². The van der Waals surface area contributed by atoms with Gasteiger partial charge in [0.05, 0.1) is 0 Å². The van der Waals surface area contributed by atoms with Gasteiger partial charge in [-0.25, -0.2) is 0 Å². The zero-order chi connectivity index (χ0) is 13.0. The molecule has 3 nitrogen and oxygen atoms in total. The third-order valence-corrected chi connectivity index (χ3v) is 4.66. The zero-order valence-electron chi connectivity index (χ0n) is 10.7. The molecule has 0 radical (unpaired) electrons. The summed E-state index contributed by atoms with van der Waals surface area (Å²) >= 11 is 1.97. The largest absolute Gasteiger partial charge is 0.399 e. The number of thioether (sulfide) groups is 1. The Morgan fingerprint density at radius 1 is 1.50 bits per heavy atom. The molecule has 1 fully saturated rings. The van der Waals surface area contributed by atoms with Gasteiger partial charge in [-0.3, -0.25) is 4.79 Å². The summed E-state index contributed by atoms with van der Waals surface area (Å²) in [5.41, 5.74) is 8.05. The molecule has 1 amide bonds. The van der Waals surface area contributed by atoms with Crippen LogP contribution in [0.1, 0.15) is 35.2 Å². The molecular weight excluding hydrogens is 244 g/mol. The maximum Gasteiger partial charge on any atom is 0.251 e. The van der Waals surface area contributed by atoms with Crippen LogP contribution in [0.5, 0.6) is 0 Å². The number of carbonyl (C=O) groups is 1. The smallest absolute Gasteiger partial charge is 0.251 e. The molecule has 1 aliphatic rings. The second kappa shape index (κ2) is 6.14. The molecule has 1 heterocycles. The van der Waals surface area contributed by atoms with Crippen LogP contribution in [-0.2, 0) is 0 Å². The zero-order valence-corrected chi connectivity index (χ0v) is 11.6. The van der Waals surface area contributed by atoms with Crippen LogP contribution in [0.15, 0.2) is 18.2 Å². The lowest BCUT2D eigenvalue weighted by atomic mass is 10.1. The van der Waals surface area contributed by atoms with Crippen LogP contribution in [0.2, 0.25) is 0 Å². The molecule has 0 aliphatic carbocycles. The lowest BCUT2D eigenvalue weighted by molar-refractivity contribution is 0.0953. The summed E-state index contributed by atoms with van der Waals surface area (Å²) in [5, 5.41) is 3.61. The van der Waals surface area contributed by atoms with Crippen molar-refractivity contribution in [2.75, 3.05) is 18.0 Å². The fourth-order valence-electron chi connectivity index (χ4n) is 2.21. The Kier molecular flexibility index (Phi) is 4.53. The molecule has 0 bridgehead atoms. The van der Waals surface area contributed by atoms with Crippen LogP contribution in [0.4, 0.5) is 5.69 Å². The Hall–Kier alpha value is -1.16. The first-order valence-electron chi connectivity index (χ1n) is 6.43. The molecule has 1 aliphatic heterocycles. The van der Waals surface area contributed by atoms with E-state index >= 15 is 0 Å². The Bertz CT molecular complexity index is 428. The maximum absolute atomic E-state index is 12.1. The van der Waals surface area contributed by atoms with Crippen molar-refractivity contribution in [2.24, 2.45) is 0 Å². The number of hydrogen-bond donors (Lipinski definition) is 2. The summed E-state index contributed by atoms with van der Waals surface area (Å²) in [4.78, 5) is 12.1. The third kappa shape index (κ3) is 3.42. The lowest BCUT2D eigenvalue weighted by Crippen LogP contribution is -2.32. The van der Waals surface area contributed by atoms with Crippen LogP contribution in [0, 0.1) is 6.92 Å². The van der Waals surface area contributed by atoms with Crippen molar-refractivity contribution in [3.8, 4) is 0 Å². The highest BCUT2D eigenvalue weighted by Crippen LogP contribution is 2.24. The van der Waals surface area contributed by atoms with Gasteiger partial charge >= 0.3 is 0 Å². The van der Waals surface area contributed by atoms with Gasteiger partial charge in [-0.15, -0.1) is 0 Å². The van der Waals surface area contributed by atoms with Crippen LogP contribution >= 0.6 is 11.8 Å². The molecule has 1 atom stereocenters. The summed E-state index contributed by atoms with van der Waals surface area (Å²) in [6.07, 6.45) is 3.81. The second-order valence-electron chi connectivity index (χ2n) is 4.77. The Morgan fingerprint density at radius 3 is 3.00 bits per heavy atom. The number of nitrogens with one attached hydrogen (secondary N) is 1. The van der Waals surface area contributed by atoms with Crippen molar-refractivity contribution in [3.63, 3.8) is 0 Å². The van der Waals surface area contributed by atoms with Crippen molar-refractivity contribution >= 4 is 23.4 Å². The quantitative estimate of drug-likeness (QED) is 0.825. The van der Waals surface area contributed by atoms with Gasteiger partial charge in [-0.1, -0.05) is 6.42 Å². The normalized spacial score (nSPS) is 19.5. The molecule has 1 saturated heterocycles. The highest BCUT2D eigenvalue weighted by Gasteiger charge is 2.16. The SMILES string of the molecule is Cc1cc(N)ccc1C(=O)NCC1CCCCS1. The van der Waals surface area contributed by atoms with Crippen molar-refractivity contribution in [2.45, 2.75) is 31.4 Å². The summed E-state index contributed by atoms with van der Waals surface area (Å²) in [5.74, 6) is 1.24. The number of anilines is 1. The molecule has 4 heteroatoms. The highest BCUT2D eigenvalue weighted by molar-refractivity contribution is 7.99. The Balaban J connectivity index is 1.90. The van der Waals surface area contributed by atoms with Crippen molar-refractivity contribution in [3.05, 3.63) is 29.3 Å². The summed E-state index contributed by atoms with van der Waals surface area (Å²) in [6.45, 7) is 2.69. The van der Waals surface area contributed by atoms with Crippen LogP contribution in [-0.4, -0.2) is 23.5 Å². The van der Waals surface area contributed by atoms with Gasteiger partial charge in [0.2, 0.25) is 0 Å². The van der Waals surface area contributed by atoms with Crippen LogP contribution in [0.25, 0.3) is 0 Å². The van der Waals surface area contributed by atoms with E-state index in [-0.39, 0.29) is 5.91 Å². The fraction of sp³-hybridized carbons (Fsp3) is 0.500. The summed E-state index contributed by atoms with van der Waals surface area (Å²) in [7, 11) is 0. The molecule has 98 valence electrons. The number of nitrogens with two attached hydrogens (primary N) is 1. The monoisotopic (exact) mass is 264 g/mol. The topological polar surface area (TPSA) is 55.1 Å². The molecule has 0 saturated carbocycles. The Morgan fingerprint density at radius 2 is 2.33 bits per heavy atom. The number of benzene rings is 1. The minimum absolute atomic E-state index is 0.0127. The number of hydrogen-bond acceptors (Lipinski definition) is 3. The number of aryl methyl sites for hydroxylation is 1. The first kappa shape index (κ1) is 13.3. The highest BCUT2D eigenvalue weighted by atomic mass is 32.2. The molecule has 3 N–H and O–H groups in total. The van der Waals surface area contributed by atoms with Crippen LogP contribution in [0.3, 0.4) is 0 Å². The first-order valence-corrected chi connectivity index (χ1v) is 7.47. The minimum Gasteiger partial charge on any atom is -0.399 e. The average molecular weight is 264 g/mol. The van der Waals surface area contributed by atoms with E-state index in [0.717, 1.165) is 17.7 Å². The third-order valence-electron chi connectivity index (χ3n) is 3.26. The van der Waals surface area contributed by atoms with Crippen LogP contribution < -0.4 is 11.1 Å². The summed E-state index contributed by atoms with van der Waals surface area (Å²) in [6, 6.07) is 5.41. The van der Waals surface area contributed by atoms with Gasteiger partial charge in [-0.05, 0) is 49.3 Å². The second-order valence-corrected chi connectivity index (χ2v) is 6.18. The fourth-order valence-corrected chi connectivity index (χ4v) is 3.45. The number of nitrogen functional groups attached to an aromatic ring is 1. The molecule has 1 unspecified atom stereocenters. The number of carbonyl (C=O) groups excluding carboxylic acids is 1. The van der Waals surface area contributed by atoms with E-state index in [4.69, 9.17) is 5.73 Å².